The Morgan fingerprint density at radius 3 is 0.723 bits per heavy atom. The average Bonchev–Trinajstić information content (AvgIpc) is 1.60. The molecule has 0 atom stereocenters. The van der Waals surface area contributed by atoms with Crippen LogP contribution in [0.1, 0.15) is 112 Å². The van der Waals surface area contributed by atoms with Crippen molar-refractivity contribution in [3.63, 3.8) is 0 Å². The third kappa shape index (κ3) is 12.7. The van der Waals surface area contributed by atoms with Gasteiger partial charge < -0.3 is 13.3 Å². The maximum atomic E-state index is 10.0. The van der Waals surface area contributed by atoms with Crippen molar-refractivity contribution in [2.24, 2.45) is 0 Å². The fourth-order valence-electron chi connectivity index (χ4n) is 18.0. The molecule has 652 valence electrons. The van der Waals surface area contributed by atoms with Gasteiger partial charge >= 0.3 is 0 Å². The van der Waals surface area contributed by atoms with E-state index in [0.29, 0.717) is 0 Å². The minimum Gasteiger partial charge on any atom is -0.456 e. The Bertz CT molecular complexity index is 16000. The Kier molecular flexibility index (Phi) is 7.60. The lowest BCUT2D eigenvalue weighted by Gasteiger charge is -2.19. The van der Waals surface area contributed by atoms with E-state index in [2.05, 4.69) is 0 Å². The molecule has 0 aliphatic heterocycles. The summed E-state index contributed by atoms with van der Waals surface area (Å²) >= 11 is 0. The standard InChI is InChI=1S/C50H30O.2C44H26O/c1-3-15-36-31(11-1)23-26-40-37(21-10-22-39(36)40)33-13-9-14-34(29-33)48-41-17-5-7-19-43(41)49(44-20-8-6-18-42(44)48)35-25-27-46-45(30-35)50-38-16-4-2-12-32(38)24-28-47(50)51-46;1-3-13-31-27(10-1)20-21-29-12-9-19-37(41(29)31)43-35-17-7-5-15-33(35)42(34-16-6-8-18-36(34)43)30-23-24-39-38(26-30)44-32-14-4-2-11-28(32)22-25-40(44)45-39;1-3-11-32-27(9-1)17-18-29-19-20-30(25-38(29)32)42-34-13-5-7-15-36(34)43(37-16-8-6-14-35(37)42)31-22-23-40-39(26-31)44-33-12-4-2-10-28(33)21-24-41(44)45-40/h1-30H;2*1-26H/i1D,2D,3D,4D,5D,6D,7D,8D,9D,10D,11D,12D,13D,14D,15D,16D,17D,18D,19D,20D,21D,22D,23D,24D,25D,26D,27D,28D,29D,30D;2*1D,2D,3D,4D,5D,6D,7D,8D,9D,10D,11D,12D,13D,14D,15D,16D,17D,18D,19D,20D,21D,22D,23D,24D,25D,26D. The third-order valence-electron chi connectivity index (χ3n) is 23.9. The molecular formula is C138H82O3. The second-order valence-corrected chi connectivity index (χ2v) is 31.3. The molecule has 31 aromatic rings. The average molecular weight is 1870 g/mol. The Morgan fingerprint density at radius 2 is 0.340 bits per heavy atom. The lowest BCUT2D eigenvalue weighted by atomic mass is 9.84. The first-order valence-corrected chi connectivity index (χ1v) is 42.0. The fourth-order valence-corrected chi connectivity index (χ4v) is 18.0. The maximum Gasteiger partial charge on any atom is 0.136 e. The molecule has 3 aromatic heterocycles. The number of rotatable bonds is 7. The molecule has 3 heterocycles. The van der Waals surface area contributed by atoms with Crippen LogP contribution in [0.5, 0.6) is 0 Å². The number of benzene rings is 28. The third-order valence-corrected chi connectivity index (χ3v) is 23.9. The molecule has 0 saturated heterocycles. The van der Waals surface area contributed by atoms with Crippen molar-refractivity contribution in [2.45, 2.75) is 0 Å². The quantitative estimate of drug-likeness (QED) is 0.118. The lowest BCUT2D eigenvalue weighted by molar-refractivity contribution is 0.669. The Balaban J connectivity index is 0.000000142. The van der Waals surface area contributed by atoms with Crippen molar-refractivity contribution < 1.29 is 126 Å². The van der Waals surface area contributed by atoms with Crippen molar-refractivity contribution in [2.75, 3.05) is 0 Å². The fraction of sp³-hybridized carbons (Fsp3) is 0. The summed E-state index contributed by atoms with van der Waals surface area (Å²) in [7, 11) is 0. The summed E-state index contributed by atoms with van der Waals surface area (Å²) in [5, 5.41) is -21.5. The van der Waals surface area contributed by atoms with Gasteiger partial charge in [-0.3, -0.25) is 0 Å². The highest BCUT2D eigenvalue weighted by Crippen LogP contribution is 2.53. The van der Waals surface area contributed by atoms with Gasteiger partial charge in [0.2, 0.25) is 0 Å². The first-order chi connectivity index (χ1) is 104. The number of furan rings is 3. The van der Waals surface area contributed by atoms with Crippen LogP contribution in [0, 0.1) is 0 Å². The molecular weight excluding hydrogens is 1710 g/mol. The Morgan fingerprint density at radius 1 is 0.113 bits per heavy atom. The zero-order valence-corrected chi connectivity index (χ0v) is 70.2. The lowest BCUT2D eigenvalue weighted by Crippen LogP contribution is -1.92. The molecule has 28 aromatic carbocycles. The molecule has 0 aliphatic carbocycles. The minimum atomic E-state index is -1.14. The second kappa shape index (κ2) is 32.1. The van der Waals surface area contributed by atoms with E-state index >= 15 is 0 Å². The zero-order valence-electron chi connectivity index (χ0n) is 152. The first-order valence-electron chi connectivity index (χ1n) is 83.0. The molecule has 0 aliphatic rings. The first kappa shape index (κ1) is 33.4. The van der Waals surface area contributed by atoms with Gasteiger partial charge in [0.25, 0.3) is 0 Å². The summed E-state index contributed by atoms with van der Waals surface area (Å²) in [5.41, 5.74) is -14.4. The molecule has 3 heteroatoms. The van der Waals surface area contributed by atoms with Gasteiger partial charge in [0.05, 0.1) is 112 Å². The normalized spacial score (nSPS) is 20.1. The summed E-state index contributed by atoms with van der Waals surface area (Å²) in [6.45, 7) is 0. The van der Waals surface area contributed by atoms with E-state index < -0.39 is 795 Å². The van der Waals surface area contributed by atoms with Crippen molar-refractivity contribution in [3.05, 3.63) is 495 Å². The van der Waals surface area contributed by atoms with Crippen molar-refractivity contribution >= 4 is 227 Å². The van der Waals surface area contributed by atoms with Crippen LogP contribution in [0.25, 0.3) is 305 Å². The van der Waals surface area contributed by atoms with Crippen LogP contribution in [-0.4, -0.2) is 0 Å². The highest BCUT2D eigenvalue weighted by molar-refractivity contribution is 6.31. The van der Waals surface area contributed by atoms with Crippen LogP contribution in [0.2, 0.25) is 0 Å². The number of hydrogen-bond donors (Lipinski definition) is 0. The van der Waals surface area contributed by atoms with Gasteiger partial charge in [0.1, 0.15) is 33.5 Å². The van der Waals surface area contributed by atoms with E-state index in [1.54, 1.807) is 0 Å². The van der Waals surface area contributed by atoms with Crippen LogP contribution in [-0.2, 0) is 0 Å². The van der Waals surface area contributed by atoms with Crippen LogP contribution >= 0.6 is 0 Å². The maximum absolute atomic E-state index is 10.0. The van der Waals surface area contributed by atoms with Gasteiger partial charge in [0, 0.05) is 32.3 Å². The van der Waals surface area contributed by atoms with E-state index in [-0.39, 0.29) is 5.39 Å². The van der Waals surface area contributed by atoms with Crippen molar-refractivity contribution in [1.29, 1.82) is 0 Å². The minimum absolute atomic E-state index is 0.386. The molecule has 0 radical (unpaired) electrons. The van der Waals surface area contributed by atoms with Crippen LogP contribution in [0.15, 0.2) is 509 Å². The van der Waals surface area contributed by atoms with E-state index in [1.807, 2.05) is 0 Å². The molecule has 0 fully saturated rings. The molecule has 31 rings (SSSR count). The number of fused-ring (bicyclic) bond motifs is 30. The van der Waals surface area contributed by atoms with Gasteiger partial charge in [-0.15, -0.1) is 0 Å². The van der Waals surface area contributed by atoms with Gasteiger partial charge in [-0.1, -0.05) is 429 Å². The van der Waals surface area contributed by atoms with Crippen molar-refractivity contribution in [3.8, 4) is 77.9 Å². The largest absolute Gasteiger partial charge is 0.456 e. The Labute approximate surface area is 925 Å². The molecule has 0 unspecified atom stereocenters. The van der Waals surface area contributed by atoms with E-state index in [0.717, 1.165) is 0 Å². The molecule has 0 amide bonds. The van der Waals surface area contributed by atoms with Crippen LogP contribution in [0.3, 0.4) is 0 Å². The molecule has 141 heavy (non-hydrogen) atoms. The molecule has 0 spiro atoms. The smallest absolute Gasteiger partial charge is 0.136 e. The Hall–Kier alpha value is -18.5. The van der Waals surface area contributed by atoms with Crippen LogP contribution < -0.4 is 0 Å². The van der Waals surface area contributed by atoms with E-state index in [4.69, 9.17) is 83.2 Å². The summed E-state index contributed by atoms with van der Waals surface area (Å²) in [5.74, 6) is 0. The summed E-state index contributed by atoms with van der Waals surface area (Å²) < 4.78 is 760. The molecule has 3 nitrogen and oxygen atoms in total. The highest BCUT2D eigenvalue weighted by Gasteiger charge is 2.26. The van der Waals surface area contributed by atoms with Gasteiger partial charge in [0.15, 0.2) is 0 Å². The predicted molar refractivity (Wildman–Crippen MR) is 602 cm³/mol. The van der Waals surface area contributed by atoms with Gasteiger partial charge in [-0.05, 0) is 306 Å². The summed E-state index contributed by atoms with van der Waals surface area (Å²) in [4.78, 5) is 0. The predicted octanol–water partition coefficient (Wildman–Crippen LogP) is 39.7. The molecule has 0 N–H and O–H groups in total. The van der Waals surface area contributed by atoms with Crippen molar-refractivity contribution in [1.82, 2.24) is 0 Å². The second-order valence-electron chi connectivity index (χ2n) is 31.3. The topological polar surface area (TPSA) is 39.4 Å². The summed E-state index contributed by atoms with van der Waals surface area (Å²) in [6, 6.07) is -74.0. The molecule has 0 bridgehead atoms. The summed E-state index contributed by atoms with van der Waals surface area (Å²) in [6.07, 6.45) is 0. The zero-order chi connectivity index (χ0) is 164. The highest BCUT2D eigenvalue weighted by atomic mass is 16.3. The number of hydrogen-bond acceptors (Lipinski definition) is 3. The molecule has 0 saturated carbocycles. The van der Waals surface area contributed by atoms with Gasteiger partial charge in [-0.25, -0.2) is 0 Å². The van der Waals surface area contributed by atoms with E-state index in [9.17, 15) is 42.5 Å². The van der Waals surface area contributed by atoms with Gasteiger partial charge in [-0.2, -0.15) is 0 Å². The van der Waals surface area contributed by atoms with E-state index in [1.165, 1.54) is 0 Å². The SMILES string of the molecule is [2H]c1c(-c2c3c([2H])c([2H])c([2H])c([2H])c3c(-c3c([2H])c([2H])c([2H])c4c([2H])c([2H])c5c([2H])c([2H])c([2H])c([2H])c5c34)c3c([2H])c([2H])c([2H])c([2H])c23)c([2H])c2c(oc3c([2H])c([2H])c4c([2H])c([2H])c([2H])c([2H])c4c32)c1[2H].[2H]c1c(-c2c3c([2H])c([2H])c([2H])c([2H])c3c(-c3c([2H])c([2H])c4c([2H])c([2H])c5c([2H])c([2H])c([2H])c([2H])c5c4c3[2H])c3c([2H])c([2H])c([2H])c([2H])c23)c([2H])c2c(oc3c([2H])c([2H])c4c([2H])c([2H])c([2H])c([2H])c4c32)c1[2H].[2H]c1c([2H])c(-c2c3c([2H])c([2H])c([2H])c([2H])c3c(-c3c([2H])c([2H])c4oc5c([2H])c([2H])c6c([2H])c([2H])c([2H])c([2H])c6c5c4c3[2H])c3c([2H])c([2H])c([2H])c([2H])c23)c([2H])c(-c2c([2H])c([2H])c([2H])c3c2c([2H])c([2H])c2c([2H])c([2H])c([2H])c([2H])c23)c1[2H]. The monoisotopic (exact) mass is 1870 g/mol. The van der Waals surface area contributed by atoms with Crippen LogP contribution in [0.4, 0.5) is 0 Å².